The van der Waals surface area contributed by atoms with Gasteiger partial charge in [0.25, 0.3) is 0 Å². The molecular formula is C24H28N8S. The third-order valence-corrected chi connectivity index (χ3v) is 6.78. The first-order valence-electron chi connectivity index (χ1n) is 11.2. The van der Waals surface area contributed by atoms with Gasteiger partial charge in [-0.15, -0.1) is 0 Å². The van der Waals surface area contributed by atoms with Crippen molar-refractivity contribution in [3.8, 4) is 11.3 Å². The second kappa shape index (κ2) is 9.29. The van der Waals surface area contributed by atoms with E-state index >= 15 is 0 Å². The van der Waals surface area contributed by atoms with Gasteiger partial charge in [0.05, 0.1) is 29.5 Å². The van der Waals surface area contributed by atoms with Gasteiger partial charge in [0, 0.05) is 25.6 Å². The Kier molecular flexibility index (Phi) is 6.06. The molecule has 170 valence electrons. The predicted molar refractivity (Wildman–Crippen MR) is 133 cm³/mol. The largest absolute Gasteiger partial charge is 0.355 e. The molecule has 0 saturated carbocycles. The maximum Gasteiger partial charge on any atom is 0.156 e. The molecular weight excluding hydrogens is 432 g/mol. The first-order valence-corrected chi connectivity index (χ1v) is 12.0. The highest BCUT2D eigenvalue weighted by molar-refractivity contribution is 7.10. The molecule has 1 saturated heterocycles. The van der Waals surface area contributed by atoms with E-state index < -0.39 is 0 Å². The van der Waals surface area contributed by atoms with Crippen LogP contribution in [0.4, 0.5) is 16.6 Å². The Morgan fingerprint density at radius 1 is 1.18 bits per heavy atom. The van der Waals surface area contributed by atoms with Gasteiger partial charge in [-0.2, -0.15) is 4.37 Å². The molecule has 3 aromatic heterocycles. The van der Waals surface area contributed by atoms with E-state index in [0.29, 0.717) is 18.3 Å². The smallest absolute Gasteiger partial charge is 0.156 e. The Morgan fingerprint density at radius 2 is 2.03 bits per heavy atom. The Bertz CT molecular complexity index is 1230. The van der Waals surface area contributed by atoms with Gasteiger partial charge in [0.2, 0.25) is 0 Å². The van der Waals surface area contributed by atoms with Crippen LogP contribution < -0.4 is 16.0 Å². The number of imidazole rings is 1. The molecule has 1 fully saturated rings. The average molecular weight is 461 g/mol. The van der Waals surface area contributed by atoms with Gasteiger partial charge in [-0.05, 0) is 49.9 Å². The summed E-state index contributed by atoms with van der Waals surface area (Å²) < 4.78 is 4.33. The molecule has 5 rings (SSSR count). The molecule has 1 aromatic carbocycles. The Balaban J connectivity index is 1.34. The van der Waals surface area contributed by atoms with E-state index in [1.54, 1.807) is 0 Å². The summed E-state index contributed by atoms with van der Waals surface area (Å²) in [6.45, 7) is 6.18. The lowest BCUT2D eigenvalue weighted by Crippen LogP contribution is -2.35. The molecule has 1 aliphatic rings. The van der Waals surface area contributed by atoms with Crippen LogP contribution in [-0.2, 0) is 6.54 Å². The number of aromatic amines is 1. The molecule has 0 spiro atoms. The van der Waals surface area contributed by atoms with E-state index in [0.717, 1.165) is 65.2 Å². The van der Waals surface area contributed by atoms with Crippen LogP contribution in [0.5, 0.6) is 0 Å². The molecule has 8 nitrogen and oxygen atoms in total. The van der Waals surface area contributed by atoms with Crippen LogP contribution in [0.3, 0.4) is 0 Å². The minimum absolute atomic E-state index is 0.314. The number of piperidine rings is 1. The highest BCUT2D eigenvalue weighted by Gasteiger charge is 2.25. The van der Waals surface area contributed by atoms with Crippen molar-refractivity contribution in [1.29, 1.82) is 0 Å². The zero-order valence-corrected chi connectivity index (χ0v) is 19.7. The van der Waals surface area contributed by atoms with Gasteiger partial charge in [-0.25, -0.2) is 9.97 Å². The van der Waals surface area contributed by atoms with Crippen LogP contribution in [0.2, 0.25) is 0 Å². The van der Waals surface area contributed by atoms with Crippen molar-refractivity contribution in [3.63, 3.8) is 0 Å². The fourth-order valence-electron chi connectivity index (χ4n) is 4.18. The molecule has 4 aromatic rings. The van der Waals surface area contributed by atoms with Crippen LogP contribution in [-0.4, -0.2) is 37.4 Å². The number of benzene rings is 1. The Labute approximate surface area is 197 Å². The number of nitrogens with zero attached hydrogens (tertiary/aromatic N) is 5. The molecule has 0 aliphatic carbocycles. The fourth-order valence-corrected chi connectivity index (χ4v) is 4.84. The molecule has 1 atom stereocenters. The molecule has 0 bridgehead atoms. The zero-order valence-electron chi connectivity index (χ0n) is 18.9. The summed E-state index contributed by atoms with van der Waals surface area (Å²) in [6, 6.07) is 10.5. The number of aromatic nitrogens is 5. The summed E-state index contributed by atoms with van der Waals surface area (Å²) in [6.07, 6.45) is 5.93. The number of nitrogens with two attached hydrogens (primary N) is 1. The van der Waals surface area contributed by atoms with E-state index in [1.165, 1.54) is 17.1 Å². The summed E-state index contributed by atoms with van der Waals surface area (Å²) in [4.78, 5) is 20.0. The quantitative estimate of drug-likeness (QED) is 0.388. The van der Waals surface area contributed by atoms with Crippen molar-refractivity contribution >= 4 is 28.2 Å². The normalized spacial score (nSPS) is 16.2. The lowest BCUT2D eigenvalue weighted by molar-refractivity contribution is 0.491. The summed E-state index contributed by atoms with van der Waals surface area (Å²) in [5.41, 5.74) is 11.1. The molecule has 0 radical (unpaired) electrons. The van der Waals surface area contributed by atoms with E-state index in [2.05, 4.69) is 55.7 Å². The third-order valence-electron chi connectivity index (χ3n) is 5.99. The van der Waals surface area contributed by atoms with Gasteiger partial charge in [-0.3, -0.25) is 4.98 Å². The Morgan fingerprint density at radius 3 is 2.79 bits per heavy atom. The second-order valence-corrected chi connectivity index (χ2v) is 9.32. The fraction of sp³-hybridized carbons (Fsp3) is 0.333. The lowest BCUT2D eigenvalue weighted by atomic mass is 9.97. The van der Waals surface area contributed by atoms with Crippen molar-refractivity contribution in [1.82, 2.24) is 24.3 Å². The molecule has 4 heterocycles. The predicted octanol–water partition coefficient (Wildman–Crippen LogP) is 4.53. The summed E-state index contributed by atoms with van der Waals surface area (Å²) >= 11 is 1.41. The first-order chi connectivity index (χ1) is 16.1. The topological polar surface area (TPSA) is 109 Å². The SMILES string of the molecule is Cc1ccc(-c2cnc(C3CCCN(c4cnc(CN)c(Nc5cc(C)ns5)n4)C3)[nH]2)cc1. The summed E-state index contributed by atoms with van der Waals surface area (Å²) in [5.74, 6) is 2.89. The number of nitrogens with one attached hydrogen (secondary N) is 2. The zero-order chi connectivity index (χ0) is 22.8. The van der Waals surface area contributed by atoms with Gasteiger partial charge in [-0.1, -0.05) is 29.8 Å². The maximum absolute atomic E-state index is 5.91. The van der Waals surface area contributed by atoms with E-state index in [-0.39, 0.29) is 0 Å². The standard InChI is InChI=1S/C24H28N8S/c1-15-5-7-17(8-6-15)20-12-27-23(28-20)18-4-3-9-32(14-18)21-13-26-19(11-25)24(29-21)30-22-10-16(2)31-33-22/h5-8,10,12-13,18H,3-4,9,11,14,25H2,1-2H3,(H,27,28)(H,29,30). The van der Waals surface area contributed by atoms with Crippen LogP contribution in [0, 0.1) is 13.8 Å². The number of hydrogen-bond donors (Lipinski definition) is 3. The minimum atomic E-state index is 0.314. The van der Waals surface area contributed by atoms with Gasteiger partial charge < -0.3 is 20.9 Å². The average Bonchev–Trinajstić information content (AvgIpc) is 3.49. The molecule has 0 amide bonds. The van der Waals surface area contributed by atoms with Crippen molar-refractivity contribution in [2.45, 2.75) is 39.2 Å². The van der Waals surface area contributed by atoms with Crippen molar-refractivity contribution < 1.29 is 0 Å². The number of hydrogen-bond acceptors (Lipinski definition) is 8. The van der Waals surface area contributed by atoms with Crippen molar-refractivity contribution in [2.24, 2.45) is 5.73 Å². The molecule has 1 aliphatic heterocycles. The highest BCUT2D eigenvalue weighted by Crippen LogP contribution is 2.31. The van der Waals surface area contributed by atoms with Crippen LogP contribution in [0.1, 0.15) is 41.5 Å². The summed E-state index contributed by atoms with van der Waals surface area (Å²) in [5, 5.41) is 4.28. The number of anilines is 3. The maximum atomic E-state index is 5.91. The molecule has 4 N–H and O–H groups in total. The van der Waals surface area contributed by atoms with Crippen LogP contribution in [0.15, 0.2) is 42.7 Å². The van der Waals surface area contributed by atoms with Crippen molar-refractivity contribution in [2.75, 3.05) is 23.3 Å². The van der Waals surface area contributed by atoms with Gasteiger partial charge >= 0.3 is 0 Å². The van der Waals surface area contributed by atoms with Gasteiger partial charge in [0.1, 0.15) is 16.6 Å². The van der Waals surface area contributed by atoms with E-state index in [4.69, 9.17) is 15.7 Å². The number of aryl methyl sites for hydroxylation is 2. The summed E-state index contributed by atoms with van der Waals surface area (Å²) in [7, 11) is 0. The third kappa shape index (κ3) is 4.74. The van der Waals surface area contributed by atoms with E-state index in [1.807, 2.05) is 25.4 Å². The molecule has 1 unspecified atom stereocenters. The Hall–Kier alpha value is -3.30. The number of rotatable bonds is 6. The van der Waals surface area contributed by atoms with Gasteiger partial charge in [0.15, 0.2) is 5.82 Å². The minimum Gasteiger partial charge on any atom is -0.355 e. The van der Waals surface area contributed by atoms with Crippen LogP contribution >= 0.6 is 11.5 Å². The monoisotopic (exact) mass is 460 g/mol. The first kappa shape index (κ1) is 21.5. The van der Waals surface area contributed by atoms with Crippen LogP contribution in [0.25, 0.3) is 11.3 Å². The second-order valence-electron chi connectivity index (χ2n) is 8.52. The molecule has 33 heavy (non-hydrogen) atoms. The highest BCUT2D eigenvalue weighted by atomic mass is 32.1. The van der Waals surface area contributed by atoms with Crippen molar-refractivity contribution in [3.05, 3.63) is 65.5 Å². The number of H-pyrrole nitrogens is 1. The molecule has 9 heteroatoms. The lowest BCUT2D eigenvalue weighted by Gasteiger charge is -2.32. The van der Waals surface area contributed by atoms with E-state index in [9.17, 15) is 0 Å².